The summed E-state index contributed by atoms with van der Waals surface area (Å²) >= 11 is 0. The maximum Gasteiger partial charge on any atom is 0.240 e. The summed E-state index contributed by atoms with van der Waals surface area (Å²) in [5.41, 5.74) is 0.473. The third-order valence-corrected chi connectivity index (χ3v) is 3.76. The summed E-state index contributed by atoms with van der Waals surface area (Å²) in [6, 6.07) is 5.96. The first kappa shape index (κ1) is 10.3. The molecule has 0 atom stereocenters. The zero-order chi connectivity index (χ0) is 10.9. The maximum absolute atomic E-state index is 11.7. The molecule has 0 aromatic heterocycles. The molecule has 5 heteroatoms. The molecule has 1 fully saturated rings. The summed E-state index contributed by atoms with van der Waals surface area (Å²) in [6.45, 7) is 0. The molecule has 0 spiro atoms. The molecule has 0 heterocycles. The maximum atomic E-state index is 11.7. The van der Waals surface area contributed by atoms with Gasteiger partial charge in [-0.15, -0.1) is 0 Å². The second-order valence-electron chi connectivity index (χ2n) is 3.58. The van der Waals surface area contributed by atoms with Crippen LogP contribution in [0.3, 0.4) is 0 Å². The zero-order valence-corrected chi connectivity index (χ0v) is 8.83. The van der Waals surface area contributed by atoms with Crippen LogP contribution < -0.4 is 4.72 Å². The van der Waals surface area contributed by atoms with Crippen molar-refractivity contribution in [1.82, 2.24) is 4.72 Å². The van der Waals surface area contributed by atoms with Crippen molar-refractivity contribution in [3.05, 3.63) is 29.8 Å². The van der Waals surface area contributed by atoms with Crippen LogP contribution in [0.5, 0.6) is 0 Å². The van der Waals surface area contributed by atoms with Crippen LogP contribution in [-0.4, -0.2) is 20.7 Å². The average Bonchev–Trinajstić information content (AvgIpc) is 3.01. The molecule has 1 N–H and O–H groups in total. The molecule has 1 aliphatic rings. The number of hydrogen-bond acceptors (Lipinski definition) is 3. The number of nitrogens with one attached hydrogen (secondary N) is 1. The Morgan fingerprint density at radius 3 is 2.27 bits per heavy atom. The smallest absolute Gasteiger partial charge is 0.240 e. The van der Waals surface area contributed by atoms with Gasteiger partial charge in [-0.05, 0) is 25.0 Å². The molecule has 1 aromatic carbocycles. The quantitative estimate of drug-likeness (QED) is 0.776. The highest BCUT2D eigenvalue weighted by atomic mass is 32.2. The first-order valence-corrected chi connectivity index (χ1v) is 6.18. The highest BCUT2D eigenvalue weighted by Gasteiger charge is 2.27. The summed E-state index contributed by atoms with van der Waals surface area (Å²) in [5.74, 6) is 0. The van der Waals surface area contributed by atoms with Crippen molar-refractivity contribution in [3.63, 3.8) is 0 Å². The Morgan fingerprint density at radius 1 is 1.20 bits per heavy atom. The van der Waals surface area contributed by atoms with Crippen molar-refractivity contribution in [1.29, 1.82) is 0 Å². The fourth-order valence-corrected chi connectivity index (χ4v) is 2.52. The van der Waals surface area contributed by atoms with Gasteiger partial charge in [0.05, 0.1) is 4.90 Å². The molecule has 4 nitrogen and oxygen atoms in total. The number of carbonyl (C=O) groups excluding carboxylic acids is 1. The summed E-state index contributed by atoms with van der Waals surface area (Å²) < 4.78 is 25.9. The summed E-state index contributed by atoms with van der Waals surface area (Å²) in [7, 11) is -3.39. The lowest BCUT2D eigenvalue weighted by Gasteiger charge is -2.04. The predicted octanol–water partition coefficient (Wildman–Crippen LogP) is 0.940. The molecule has 0 radical (unpaired) electrons. The van der Waals surface area contributed by atoms with Crippen molar-refractivity contribution in [2.45, 2.75) is 23.8 Å². The van der Waals surface area contributed by atoms with Gasteiger partial charge in [0.15, 0.2) is 0 Å². The molecule has 0 amide bonds. The van der Waals surface area contributed by atoms with Crippen LogP contribution in [0.4, 0.5) is 0 Å². The monoisotopic (exact) mass is 225 g/mol. The van der Waals surface area contributed by atoms with Gasteiger partial charge in [0.1, 0.15) is 6.29 Å². The van der Waals surface area contributed by atoms with E-state index in [4.69, 9.17) is 0 Å². The minimum Gasteiger partial charge on any atom is -0.298 e. The lowest BCUT2D eigenvalue weighted by molar-refractivity contribution is 0.112. The predicted molar refractivity (Wildman–Crippen MR) is 55.2 cm³/mol. The topological polar surface area (TPSA) is 63.2 Å². The van der Waals surface area contributed by atoms with Crippen LogP contribution in [-0.2, 0) is 10.0 Å². The zero-order valence-electron chi connectivity index (χ0n) is 8.01. The fraction of sp³-hybridized carbons (Fsp3) is 0.300. The van der Waals surface area contributed by atoms with Gasteiger partial charge in [-0.2, -0.15) is 0 Å². The molecule has 0 unspecified atom stereocenters. The molecule has 1 aromatic rings. The van der Waals surface area contributed by atoms with Crippen molar-refractivity contribution < 1.29 is 13.2 Å². The Bertz CT molecular complexity index is 460. The van der Waals surface area contributed by atoms with Crippen molar-refractivity contribution >= 4 is 16.3 Å². The van der Waals surface area contributed by atoms with Crippen LogP contribution in [0.2, 0.25) is 0 Å². The minimum atomic E-state index is -3.39. The number of aldehydes is 1. The van der Waals surface area contributed by atoms with Crippen LogP contribution in [0.1, 0.15) is 23.2 Å². The van der Waals surface area contributed by atoms with E-state index < -0.39 is 10.0 Å². The average molecular weight is 225 g/mol. The van der Waals surface area contributed by atoms with Crippen LogP contribution >= 0.6 is 0 Å². The Balaban J connectivity index is 2.23. The van der Waals surface area contributed by atoms with Gasteiger partial charge in [0.25, 0.3) is 0 Å². The van der Waals surface area contributed by atoms with Crippen LogP contribution in [0.15, 0.2) is 29.2 Å². The molecular formula is C10H11NO3S. The molecule has 0 bridgehead atoms. The summed E-state index contributed by atoms with van der Waals surface area (Å²) in [6.07, 6.45) is 2.50. The Morgan fingerprint density at radius 2 is 1.80 bits per heavy atom. The Kier molecular flexibility index (Phi) is 2.58. The van der Waals surface area contributed by atoms with Gasteiger partial charge < -0.3 is 0 Å². The largest absolute Gasteiger partial charge is 0.298 e. The highest BCUT2D eigenvalue weighted by molar-refractivity contribution is 7.89. The van der Waals surface area contributed by atoms with E-state index >= 15 is 0 Å². The van der Waals surface area contributed by atoms with E-state index in [0.717, 1.165) is 12.8 Å². The number of sulfonamides is 1. The molecule has 15 heavy (non-hydrogen) atoms. The summed E-state index contributed by atoms with van der Waals surface area (Å²) in [4.78, 5) is 10.6. The van der Waals surface area contributed by atoms with E-state index in [1.54, 1.807) is 0 Å². The molecule has 1 aliphatic carbocycles. The minimum absolute atomic E-state index is 0.0979. The second-order valence-corrected chi connectivity index (χ2v) is 5.30. The normalized spacial score (nSPS) is 16.3. The van der Waals surface area contributed by atoms with E-state index in [1.807, 2.05) is 0 Å². The number of carbonyl (C=O) groups is 1. The number of benzene rings is 1. The van der Waals surface area contributed by atoms with E-state index in [2.05, 4.69) is 4.72 Å². The molecule has 1 saturated carbocycles. The first-order valence-electron chi connectivity index (χ1n) is 4.69. The number of rotatable bonds is 4. The van der Waals surface area contributed by atoms with Crippen molar-refractivity contribution in [3.8, 4) is 0 Å². The number of hydrogen-bond donors (Lipinski definition) is 1. The van der Waals surface area contributed by atoms with Gasteiger partial charge in [-0.25, -0.2) is 13.1 Å². The van der Waals surface area contributed by atoms with Gasteiger partial charge in [0, 0.05) is 11.6 Å². The highest BCUT2D eigenvalue weighted by Crippen LogP contribution is 2.22. The van der Waals surface area contributed by atoms with Gasteiger partial charge >= 0.3 is 0 Å². The summed E-state index contributed by atoms with van der Waals surface area (Å²) in [5, 5.41) is 0. The second kappa shape index (κ2) is 3.75. The van der Waals surface area contributed by atoms with E-state index in [9.17, 15) is 13.2 Å². The lowest BCUT2D eigenvalue weighted by Crippen LogP contribution is -2.25. The van der Waals surface area contributed by atoms with Crippen LogP contribution in [0, 0.1) is 0 Å². The molecule has 0 aliphatic heterocycles. The van der Waals surface area contributed by atoms with E-state index in [1.165, 1.54) is 24.3 Å². The van der Waals surface area contributed by atoms with Crippen LogP contribution in [0.25, 0.3) is 0 Å². The van der Waals surface area contributed by atoms with Crippen molar-refractivity contribution in [2.75, 3.05) is 0 Å². The molecular weight excluding hydrogens is 214 g/mol. The molecule has 0 saturated heterocycles. The SMILES string of the molecule is O=Cc1ccc(S(=O)(=O)NC2CC2)cc1. The standard InChI is InChI=1S/C10H11NO3S/c12-7-8-1-5-10(6-2-8)15(13,14)11-9-3-4-9/h1-2,5-7,9,11H,3-4H2. The molecule has 80 valence electrons. The third-order valence-electron chi connectivity index (χ3n) is 2.23. The van der Waals surface area contributed by atoms with Crippen molar-refractivity contribution in [2.24, 2.45) is 0 Å². The van der Waals surface area contributed by atoms with E-state index in [-0.39, 0.29) is 10.9 Å². The van der Waals surface area contributed by atoms with Gasteiger partial charge in [-0.3, -0.25) is 4.79 Å². The lowest BCUT2D eigenvalue weighted by atomic mass is 10.2. The van der Waals surface area contributed by atoms with Gasteiger partial charge in [-0.1, -0.05) is 12.1 Å². The fourth-order valence-electron chi connectivity index (χ4n) is 1.21. The molecule has 2 rings (SSSR count). The Labute approximate surface area is 88.4 Å². The third kappa shape index (κ3) is 2.43. The first-order chi connectivity index (χ1) is 7.12. The van der Waals surface area contributed by atoms with Gasteiger partial charge in [0.2, 0.25) is 10.0 Å². The Hall–Kier alpha value is -1.20. The van der Waals surface area contributed by atoms with E-state index in [0.29, 0.717) is 11.8 Å².